The topological polar surface area (TPSA) is 79.4 Å². The fraction of sp³-hybridized carbons (Fsp3) is 0.500. The van der Waals surface area contributed by atoms with E-state index >= 15 is 0 Å². The van der Waals surface area contributed by atoms with Crippen LogP contribution in [0.15, 0.2) is 0 Å². The molecule has 0 aliphatic carbocycles. The van der Waals surface area contributed by atoms with Gasteiger partial charge in [-0.1, -0.05) is 0 Å². The molecule has 5 heteroatoms. The average molecular weight is 132 g/mol. The summed E-state index contributed by atoms with van der Waals surface area (Å²) in [4.78, 5) is 28.4. The van der Waals surface area contributed by atoms with Gasteiger partial charge in [-0.25, -0.2) is 4.79 Å². The second-order valence-corrected chi connectivity index (χ2v) is 1.75. The molecule has 0 aromatic rings. The lowest BCUT2D eigenvalue weighted by molar-refractivity contribution is -0.151. The van der Waals surface area contributed by atoms with Crippen molar-refractivity contribution >= 4 is 11.8 Å². The first-order valence-corrected chi connectivity index (χ1v) is 2.21. The Labute approximate surface area is 50.1 Å². The second kappa shape index (κ2) is 1.52. The minimum absolute atomic E-state index is 1.08. The molecule has 1 N–H and O–H groups in total. The molecule has 1 aliphatic heterocycles. The molecule has 0 atom stereocenters. The van der Waals surface area contributed by atoms with Crippen LogP contribution in [0, 0.1) is 0 Å². The SMILES string of the molecule is CC1(C(=O)C(=O)O)OO1. The number of carbonyl (C=O) groups is 2. The zero-order valence-corrected chi connectivity index (χ0v) is 4.58. The van der Waals surface area contributed by atoms with E-state index in [1.54, 1.807) is 0 Å². The maximum atomic E-state index is 10.4. The van der Waals surface area contributed by atoms with Crippen molar-refractivity contribution in [3.05, 3.63) is 0 Å². The monoisotopic (exact) mass is 132 g/mol. The zero-order valence-electron chi connectivity index (χ0n) is 4.58. The highest BCUT2D eigenvalue weighted by atomic mass is 17.4. The van der Waals surface area contributed by atoms with E-state index in [1.807, 2.05) is 0 Å². The van der Waals surface area contributed by atoms with Gasteiger partial charge in [-0.3, -0.25) is 4.79 Å². The molecule has 5 nitrogen and oxygen atoms in total. The second-order valence-electron chi connectivity index (χ2n) is 1.75. The number of carboxylic acid groups (broad SMARTS) is 1. The summed E-state index contributed by atoms with van der Waals surface area (Å²) in [5.74, 6) is -4.14. The summed E-state index contributed by atoms with van der Waals surface area (Å²) >= 11 is 0. The molecular formula is C4H4O5. The molecule has 0 saturated carbocycles. The van der Waals surface area contributed by atoms with E-state index in [0.717, 1.165) is 0 Å². The average Bonchev–Trinajstić information content (AvgIpc) is 2.47. The van der Waals surface area contributed by atoms with Crippen molar-refractivity contribution in [1.29, 1.82) is 0 Å². The molecule has 0 spiro atoms. The number of hydrogen-bond donors (Lipinski definition) is 1. The van der Waals surface area contributed by atoms with Crippen LogP contribution in [0.4, 0.5) is 0 Å². The number of Topliss-reactive ketones (excluding diaryl/α,β-unsaturated/α-hetero) is 1. The summed E-state index contributed by atoms with van der Waals surface area (Å²) in [5.41, 5.74) is 0. The minimum Gasteiger partial charge on any atom is -0.475 e. The van der Waals surface area contributed by atoms with Gasteiger partial charge < -0.3 is 5.11 Å². The Morgan fingerprint density at radius 3 is 2.00 bits per heavy atom. The molecule has 0 amide bonds. The quantitative estimate of drug-likeness (QED) is 0.306. The Morgan fingerprint density at radius 2 is 1.89 bits per heavy atom. The standard InChI is InChI=1S/C4H4O5/c1-4(8-9-4)2(5)3(6)7/h1H3,(H,6,7). The Hall–Kier alpha value is -0.940. The van der Waals surface area contributed by atoms with E-state index in [9.17, 15) is 9.59 Å². The lowest BCUT2D eigenvalue weighted by atomic mass is 10.2. The molecule has 1 saturated heterocycles. The summed E-state index contributed by atoms with van der Waals surface area (Å²) in [7, 11) is 0. The highest BCUT2D eigenvalue weighted by Gasteiger charge is 2.54. The fourth-order valence-corrected chi connectivity index (χ4v) is 0.332. The predicted molar refractivity (Wildman–Crippen MR) is 23.2 cm³/mol. The lowest BCUT2D eigenvalue weighted by Gasteiger charge is -1.89. The number of rotatable bonds is 2. The summed E-state index contributed by atoms with van der Waals surface area (Å²) in [6.07, 6.45) is 0. The van der Waals surface area contributed by atoms with E-state index < -0.39 is 17.5 Å². The van der Waals surface area contributed by atoms with Gasteiger partial charge >= 0.3 is 11.8 Å². The van der Waals surface area contributed by atoms with Gasteiger partial charge in [-0.05, 0) is 0 Å². The van der Waals surface area contributed by atoms with Crippen LogP contribution >= 0.6 is 0 Å². The molecular weight excluding hydrogens is 128 g/mol. The predicted octanol–water partition coefficient (Wildman–Crippen LogP) is -0.682. The summed E-state index contributed by atoms with van der Waals surface area (Å²) in [6.45, 7) is 1.24. The third-order valence-corrected chi connectivity index (χ3v) is 0.940. The number of hydrogen-bond acceptors (Lipinski definition) is 4. The van der Waals surface area contributed by atoms with Crippen molar-refractivity contribution in [3.8, 4) is 0 Å². The van der Waals surface area contributed by atoms with Gasteiger partial charge in [0.15, 0.2) is 0 Å². The van der Waals surface area contributed by atoms with Crippen LogP contribution in [0.5, 0.6) is 0 Å². The van der Waals surface area contributed by atoms with Gasteiger partial charge in [-0.15, -0.1) is 0 Å². The van der Waals surface area contributed by atoms with Gasteiger partial charge in [0.1, 0.15) is 0 Å². The van der Waals surface area contributed by atoms with E-state index in [0.29, 0.717) is 0 Å². The van der Waals surface area contributed by atoms with Crippen molar-refractivity contribution in [1.82, 2.24) is 0 Å². The lowest BCUT2D eigenvalue weighted by Crippen LogP contribution is -2.27. The molecule has 50 valence electrons. The summed E-state index contributed by atoms with van der Waals surface area (Å²) in [5, 5.41) is 8.05. The van der Waals surface area contributed by atoms with Crippen LogP contribution in [0.25, 0.3) is 0 Å². The molecule has 0 radical (unpaired) electrons. The molecule has 1 rings (SSSR count). The van der Waals surface area contributed by atoms with E-state index in [2.05, 4.69) is 9.78 Å². The summed E-state index contributed by atoms with van der Waals surface area (Å²) in [6, 6.07) is 0. The smallest absolute Gasteiger partial charge is 0.378 e. The maximum Gasteiger partial charge on any atom is 0.378 e. The van der Waals surface area contributed by atoms with Gasteiger partial charge in [0.05, 0.1) is 0 Å². The van der Waals surface area contributed by atoms with Crippen molar-refractivity contribution in [3.63, 3.8) is 0 Å². The Morgan fingerprint density at radius 1 is 1.44 bits per heavy atom. The molecule has 1 aliphatic rings. The third-order valence-electron chi connectivity index (χ3n) is 0.940. The van der Waals surface area contributed by atoms with Crippen LogP contribution in [0.1, 0.15) is 6.92 Å². The van der Waals surface area contributed by atoms with Crippen molar-refractivity contribution in [2.75, 3.05) is 0 Å². The molecule has 0 bridgehead atoms. The highest BCUT2D eigenvalue weighted by Crippen LogP contribution is 2.29. The van der Waals surface area contributed by atoms with Crippen LogP contribution in [-0.2, 0) is 19.4 Å². The Kier molecular flexibility index (Phi) is 1.04. The van der Waals surface area contributed by atoms with Gasteiger partial charge in [0.25, 0.3) is 5.79 Å². The van der Waals surface area contributed by atoms with Crippen LogP contribution < -0.4 is 0 Å². The first-order chi connectivity index (χ1) is 4.06. The summed E-state index contributed by atoms with van der Waals surface area (Å²) < 4.78 is 0. The molecule has 9 heavy (non-hydrogen) atoms. The molecule has 1 heterocycles. The van der Waals surface area contributed by atoms with Crippen molar-refractivity contribution in [2.45, 2.75) is 12.7 Å². The van der Waals surface area contributed by atoms with Gasteiger partial charge in [0.2, 0.25) is 0 Å². The third kappa shape index (κ3) is 0.914. The number of carbonyl (C=O) groups excluding carboxylic acids is 1. The van der Waals surface area contributed by atoms with E-state index in [-0.39, 0.29) is 0 Å². The zero-order chi connectivity index (χ0) is 7.07. The van der Waals surface area contributed by atoms with Crippen LogP contribution in [0.3, 0.4) is 0 Å². The maximum absolute atomic E-state index is 10.4. The van der Waals surface area contributed by atoms with Gasteiger partial charge in [0, 0.05) is 6.92 Å². The number of ketones is 1. The largest absolute Gasteiger partial charge is 0.475 e. The molecule has 0 aromatic carbocycles. The molecule has 0 unspecified atom stereocenters. The first-order valence-electron chi connectivity index (χ1n) is 2.21. The minimum atomic E-state index is -1.55. The van der Waals surface area contributed by atoms with Crippen molar-refractivity contribution in [2.24, 2.45) is 0 Å². The van der Waals surface area contributed by atoms with Crippen LogP contribution in [-0.4, -0.2) is 22.6 Å². The number of carboxylic acids is 1. The Balaban J connectivity index is 2.63. The van der Waals surface area contributed by atoms with Gasteiger partial charge in [-0.2, -0.15) is 9.78 Å². The first kappa shape index (κ1) is 6.18. The molecule has 1 fully saturated rings. The fourth-order valence-electron chi connectivity index (χ4n) is 0.332. The Bertz CT molecular complexity index is 168. The normalized spacial score (nSPS) is 21.0. The van der Waals surface area contributed by atoms with Crippen molar-refractivity contribution < 1.29 is 24.5 Å². The van der Waals surface area contributed by atoms with Crippen LogP contribution in [0.2, 0.25) is 0 Å². The highest BCUT2D eigenvalue weighted by molar-refractivity contribution is 6.35. The number of aliphatic carboxylic acids is 1. The van der Waals surface area contributed by atoms with E-state index in [1.165, 1.54) is 6.92 Å². The molecule has 0 aromatic heterocycles. The van der Waals surface area contributed by atoms with E-state index in [4.69, 9.17) is 5.11 Å².